The topological polar surface area (TPSA) is 47.4 Å². The summed E-state index contributed by atoms with van der Waals surface area (Å²) in [4.78, 5) is 14.7. The van der Waals surface area contributed by atoms with Gasteiger partial charge in [0.1, 0.15) is 5.37 Å². The highest BCUT2D eigenvalue weighted by atomic mass is 32.2. The van der Waals surface area contributed by atoms with Crippen molar-refractivity contribution < 1.29 is 9.53 Å². The van der Waals surface area contributed by atoms with Gasteiger partial charge in [0.25, 0.3) is 0 Å². The van der Waals surface area contributed by atoms with Gasteiger partial charge in [0, 0.05) is 30.5 Å². The minimum atomic E-state index is -0.0423. The highest BCUT2D eigenvalue weighted by Gasteiger charge is 2.37. The van der Waals surface area contributed by atoms with Crippen molar-refractivity contribution in [3.05, 3.63) is 72.4 Å². The Bertz CT molecular complexity index is 984. The highest BCUT2D eigenvalue weighted by molar-refractivity contribution is 8.00. The maximum absolute atomic E-state index is 12.7. The minimum Gasteiger partial charge on any atom is -0.376 e. The normalized spacial score (nSPS) is 21.8. The van der Waals surface area contributed by atoms with Crippen LogP contribution in [0.4, 0.5) is 0 Å². The summed E-state index contributed by atoms with van der Waals surface area (Å²) >= 11 is 1.68. The second-order valence-corrected chi connectivity index (χ2v) is 8.49. The maximum Gasteiger partial charge on any atom is 0.233 e. The second kappa shape index (κ2) is 8.05. The summed E-state index contributed by atoms with van der Waals surface area (Å²) in [7, 11) is 0. The SMILES string of the molecule is O=C1CS[C@@H](c2cn(-c3ccccc3)nc2-c2ccccc2)N1C[C@@H]1CCCO1. The first-order valence-corrected chi connectivity index (χ1v) is 11.1. The molecule has 1 aromatic heterocycles. The van der Waals surface area contributed by atoms with Crippen LogP contribution in [-0.2, 0) is 9.53 Å². The third kappa shape index (κ3) is 3.70. The number of carbonyl (C=O) groups is 1. The van der Waals surface area contributed by atoms with Gasteiger partial charge >= 0.3 is 0 Å². The lowest BCUT2D eigenvalue weighted by molar-refractivity contribution is -0.129. The van der Waals surface area contributed by atoms with Crippen LogP contribution in [0.1, 0.15) is 23.8 Å². The van der Waals surface area contributed by atoms with Gasteiger partial charge in [-0.25, -0.2) is 4.68 Å². The molecule has 1 amide bonds. The van der Waals surface area contributed by atoms with E-state index < -0.39 is 0 Å². The minimum absolute atomic E-state index is 0.0423. The molecular formula is C23H23N3O2S. The summed E-state index contributed by atoms with van der Waals surface area (Å²) in [6, 6.07) is 20.3. The second-order valence-electron chi connectivity index (χ2n) is 7.42. The third-order valence-electron chi connectivity index (χ3n) is 5.47. The number of benzene rings is 2. The Morgan fingerprint density at radius 2 is 1.83 bits per heavy atom. The molecule has 29 heavy (non-hydrogen) atoms. The summed E-state index contributed by atoms with van der Waals surface area (Å²) in [5, 5.41) is 4.88. The first kappa shape index (κ1) is 18.5. The van der Waals surface area contributed by atoms with Gasteiger partial charge in [0.2, 0.25) is 5.91 Å². The van der Waals surface area contributed by atoms with Crippen molar-refractivity contribution >= 4 is 17.7 Å². The van der Waals surface area contributed by atoms with Crippen molar-refractivity contribution in [2.24, 2.45) is 0 Å². The molecule has 0 saturated carbocycles. The van der Waals surface area contributed by atoms with Gasteiger partial charge in [0.15, 0.2) is 0 Å². The van der Waals surface area contributed by atoms with Crippen molar-refractivity contribution in [3.63, 3.8) is 0 Å². The number of aromatic nitrogens is 2. The number of hydrogen-bond donors (Lipinski definition) is 0. The van der Waals surface area contributed by atoms with Crippen molar-refractivity contribution in [1.29, 1.82) is 0 Å². The summed E-state index contributed by atoms with van der Waals surface area (Å²) < 4.78 is 7.73. The lowest BCUT2D eigenvalue weighted by atomic mass is 10.1. The van der Waals surface area contributed by atoms with Gasteiger partial charge in [-0.3, -0.25) is 4.79 Å². The summed E-state index contributed by atoms with van der Waals surface area (Å²) in [5.41, 5.74) is 4.08. The predicted molar refractivity (Wildman–Crippen MR) is 115 cm³/mol. The summed E-state index contributed by atoms with van der Waals surface area (Å²) in [5.74, 6) is 0.684. The first-order valence-electron chi connectivity index (χ1n) is 10.0. The van der Waals surface area contributed by atoms with E-state index >= 15 is 0 Å². The Morgan fingerprint density at radius 1 is 1.07 bits per heavy atom. The molecule has 2 atom stereocenters. The van der Waals surface area contributed by atoms with Crippen LogP contribution in [0.3, 0.4) is 0 Å². The van der Waals surface area contributed by atoms with E-state index in [0.717, 1.165) is 42.0 Å². The fourth-order valence-electron chi connectivity index (χ4n) is 4.02. The number of ether oxygens (including phenoxy) is 1. The zero-order valence-corrected chi connectivity index (χ0v) is 16.9. The van der Waals surface area contributed by atoms with Crippen LogP contribution in [0.25, 0.3) is 16.9 Å². The zero-order chi connectivity index (χ0) is 19.6. The van der Waals surface area contributed by atoms with Crippen LogP contribution in [0, 0.1) is 0 Å². The van der Waals surface area contributed by atoms with Gasteiger partial charge < -0.3 is 9.64 Å². The molecule has 0 aliphatic carbocycles. The van der Waals surface area contributed by atoms with Crippen molar-refractivity contribution in [2.45, 2.75) is 24.3 Å². The molecule has 5 rings (SSSR count). The molecule has 2 fully saturated rings. The lowest BCUT2D eigenvalue weighted by Gasteiger charge is -2.26. The largest absolute Gasteiger partial charge is 0.376 e. The van der Waals surface area contributed by atoms with E-state index in [1.165, 1.54) is 0 Å². The molecule has 2 aliphatic rings. The quantitative estimate of drug-likeness (QED) is 0.635. The van der Waals surface area contributed by atoms with E-state index in [2.05, 4.69) is 18.3 Å². The molecule has 0 unspecified atom stereocenters. The number of para-hydroxylation sites is 1. The Kier molecular flexibility index (Phi) is 5.12. The standard InChI is InChI=1S/C23H23N3O2S/c27-21-16-29-23(25(21)14-19-12-7-13-28-19)20-15-26(18-10-5-2-6-11-18)24-22(20)17-8-3-1-4-9-17/h1-6,8-11,15,19,23H,7,12-14,16H2/t19-,23-/m0/s1. The van der Waals surface area contributed by atoms with E-state index in [4.69, 9.17) is 9.84 Å². The zero-order valence-electron chi connectivity index (χ0n) is 16.1. The molecule has 3 heterocycles. The molecule has 2 aliphatic heterocycles. The van der Waals surface area contributed by atoms with E-state index in [9.17, 15) is 4.79 Å². The lowest BCUT2D eigenvalue weighted by Crippen LogP contribution is -2.35. The molecule has 0 radical (unpaired) electrons. The van der Waals surface area contributed by atoms with Gasteiger partial charge in [-0.15, -0.1) is 11.8 Å². The maximum atomic E-state index is 12.7. The van der Waals surface area contributed by atoms with Crippen molar-refractivity contribution in [3.8, 4) is 16.9 Å². The third-order valence-corrected chi connectivity index (χ3v) is 6.71. The fraction of sp³-hybridized carbons (Fsp3) is 0.304. The molecule has 6 heteroatoms. The smallest absolute Gasteiger partial charge is 0.233 e. The molecule has 148 valence electrons. The van der Waals surface area contributed by atoms with E-state index in [-0.39, 0.29) is 17.4 Å². The van der Waals surface area contributed by atoms with E-state index in [1.807, 2.05) is 58.1 Å². The average Bonchev–Trinajstić information content (AvgIpc) is 3.51. The molecular weight excluding hydrogens is 382 g/mol. The fourth-order valence-corrected chi connectivity index (χ4v) is 5.22. The molecule has 2 saturated heterocycles. The number of amides is 1. The van der Waals surface area contributed by atoms with Crippen molar-refractivity contribution in [2.75, 3.05) is 18.9 Å². The number of thioether (sulfide) groups is 1. The van der Waals surface area contributed by atoms with Crippen LogP contribution in [-0.4, -0.2) is 45.6 Å². The monoisotopic (exact) mass is 405 g/mol. The molecule has 0 bridgehead atoms. The Balaban J connectivity index is 1.55. The molecule has 0 N–H and O–H groups in total. The van der Waals surface area contributed by atoms with Gasteiger partial charge in [0.05, 0.1) is 23.2 Å². The number of carbonyl (C=O) groups excluding carboxylic acids is 1. The van der Waals surface area contributed by atoms with Crippen LogP contribution in [0.5, 0.6) is 0 Å². The van der Waals surface area contributed by atoms with E-state index in [1.54, 1.807) is 11.8 Å². The van der Waals surface area contributed by atoms with Crippen LogP contribution < -0.4 is 0 Å². The predicted octanol–water partition coefficient (Wildman–Crippen LogP) is 4.29. The molecule has 3 aromatic rings. The molecule has 0 spiro atoms. The number of rotatable bonds is 5. The van der Waals surface area contributed by atoms with Crippen LogP contribution >= 0.6 is 11.8 Å². The van der Waals surface area contributed by atoms with Crippen molar-refractivity contribution in [1.82, 2.24) is 14.7 Å². The van der Waals surface area contributed by atoms with E-state index in [0.29, 0.717) is 12.3 Å². The summed E-state index contributed by atoms with van der Waals surface area (Å²) in [6.07, 6.45) is 4.32. The first-order chi connectivity index (χ1) is 14.3. The highest BCUT2D eigenvalue weighted by Crippen LogP contribution is 2.43. The Labute approximate surface area is 174 Å². The van der Waals surface area contributed by atoms with Gasteiger partial charge in [-0.05, 0) is 25.0 Å². The summed E-state index contributed by atoms with van der Waals surface area (Å²) in [6.45, 7) is 1.45. The molecule has 2 aromatic carbocycles. The Hall–Kier alpha value is -2.57. The molecule has 5 nitrogen and oxygen atoms in total. The van der Waals surface area contributed by atoms with Crippen LogP contribution in [0.2, 0.25) is 0 Å². The number of hydrogen-bond acceptors (Lipinski definition) is 4. The Morgan fingerprint density at radius 3 is 2.55 bits per heavy atom. The van der Waals surface area contributed by atoms with Gasteiger partial charge in [-0.1, -0.05) is 48.5 Å². The van der Waals surface area contributed by atoms with Crippen LogP contribution in [0.15, 0.2) is 66.9 Å². The number of nitrogens with zero attached hydrogens (tertiary/aromatic N) is 3. The van der Waals surface area contributed by atoms with Gasteiger partial charge in [-0.2, -0.15) is 5.10 Å². The average molecular weight is 406 g/mol.